The molecule has 3 aromatic heterocycles. The van der Waals surface area contributed by atoms with Crippen LogP contribution in [0.5, 0.6) is 0 Å². The van der Waals surface area contributed by atoms with Crippen LogP contribution in [0, 0.1) is 27.7 Å². The van der Waals surface area contributed by atoms with Crippen molar-refractivity contribution in [2.75, 3.05) is 0 Å². The fraction of sp³-hybridized carbons (Fsp3) is 0.0962. The molecule has 1 aliphatic heterocycles. The predicted molar refractivity (Wildman–Crippen MR) is 243 cm³/mol. The van der Waals surface area contributed by atoms with E-state index in [1.165, 1.54) is 108 Å². The minimum absolute atomic E-state index is 0.191. The highest BCUT2D eigenvalue weighted by atomic mass is 32.1. The van der Waals surface area contributed by atoms with E-state index in [0.29, 0.717) is 0 Å². The molecular formula is C52H37BN2S. The van der Waals surface area contributed by atoms with E-state index < -0.39 is 0 Å². The first-order chi connectivity index (χ1) is 27.3. The quantitative estimate of drug-likeness (QED) is 0.128. The Morgan fingerprint density at radius 1 is 0.554 bits per heavy atom. The van der Waals surface area contributed by atoms with E-state index in [0.717, 1.165) is 28.8 Å². The van der Waals surface area contributed by atoms with Crippen LogP contribution in [0.1, 0.15) is 33.4 Å². The predicted octanol–water partition coefficient (Wildman–Crippen LogP) is 11.6. The average Bonchev–Trinajstić information content (AvgIpc) is 3.74. The van der Waals surface area contributed by atoms with Gasteiger partial charge in [-0.25, -0.2) is 4.98 Å². The minimum atomic E-state index is 0.191. The highest BCUT2D eigenvalue weighted by molar-refractivity contribution is 7.26. The molecule has 4 heterocycles. The van der Waals surface area contributed by atoms with E-state index >= 15 is 0 Å². The zero-order valence-electron chi connectivity index (χ0n) is 31.9. The molecule has 1 aliphatic rings. The van der Waals surface area contributed by atoms with Gasteiger partial charge in [0, 0.05) is 15.5 Å². The smallest absolute Gasteiger partial charge is 0.242 e. The van der Waals surface area contributed by atoms with Crippen LogP contribution in [0.2, 0.25) is 0 Å². The van der Waals surface area contributed by atoms with E-state index in [2.05, 4.69) is 172 Å². The summed E-state index contributed by atoms with van der Waals surface area (Å²) < 4.78 is 4.96. The number of pyridine rings is 1. The molecule has 11 aromatic rings. The Balaban J connectivity index is 1.12. The lowest BCUT2D eigenvalue weighted by molar-refractivity contribution is 1.16. The minimum Gasteiger partial charge on any atom is -0.291 e. The van der Waals surface area contributed by atoms with Crippen LogP contribution in [-0.2, 0) is 6.42 Å². The van der Waals surface area contributed by atoms with E-state index in [4.69, 9.17) is 4.98 Å². The number of aromatic nitrogens is 2. The number of hydrogen-bond donors (Lipinski definition) is 0. The molecule has 264 valence electrons. The van der Waals surface area contributed by atoms with Crippen LogP contribution in [0.15, 0.2) is 140 Å². The van der Waals surface area contributed by atoms with Gasteiger partial charge in [-0.1, -0.05) is 136 Å². The number of rotatable bonds is 2. The molecule has 0 spiro atoms. The molecule has 2 nitrogen and oxygen atoms in total. The summed E-state index contributed by atoms with van der Waals surface area (Å²) >= 11 is 1.86. The van der Waals surface area contributed by atoms with Gasteiger partial charge in [0.15, 0.2) is 5.65 Å². The topological polar surface area (TPSA) is 17.3 Å². The van der Waals surface area contributed by atoms with Crippen LogP contribution in [0.25, 0.3) is 80.4 Å². The molecule has 0 N–H and O–H groups in total. The first-order valence-electron chi connectivity index (χ1n) is 19.7. The molecule has 0 saturated carbocycles. The molecule has 0 atom stereocenters. The van der Waals surface area contributed by atoms with E-state index in [1.54, 1.807) is 0 Å². The Labute approximate surface area is 329 Å². The van der Waals surface area contributed by atoms with Gasteiger partial charge in [-0.15, -0.1) is 11.3 Å². The maximum Gasteiger partial charge on any atom is 0.242 e. The molecular weight excluding hydrogens is 695 g/mol. The average molecular weight is 733 g/mol. The van der Waals surface area contributed by atoms with Crippen LogP contribution < -0.4 is 16.4 Å². The van der Waals surface area contributed by atoms with Crippen molar-refractivity contribution in [1.29, 1.82) is 0 Å². The van der Waals surface area contributed by atoms with Crippen LogP contribution in [-0.4, -0.2) is 16.1 Å². The SMILES string of the molecule is Cc1cc(C)c2c(c1)Cc1cc(C)cc(C)c1B2c1ccc(-c2cc3c4cc5ccccc5cc4sc3c3nc4cc5cc6ccccc6cc5cc4n23)cc1. The number of hydrogen-bond acceptors (Lipinski definition) is 2. The van der Waals surface area contributed by atoms with Gasteiger partial charge in [0.1, 0.15) is 0 Å². The normalized spacial score (nSPS) is 12.9. The maximum atomic E-state index is 5.47. The van der Waals surface area contributed by atoms with Gasteiger partial charge in [0.25, 0.3) is 0 Å². The van der Waals surface area contributed by atoms with Gasteiger partial charge < -0.3 is 0 Å². The maximum absolute atomic E-state index is 5.47. The highest BCUT2D eigenvalue weighted by Gasteiger charge is 2.33. The summed E-state index contributed by atoms with van der Waals surface area (Å²) in [5.41, 5.74) is 18.2. The lowest BCUT2D eigenvalue weighted by atomic mass is 9.32. The summed E-state index contributed by atoms with van der Waals surface area (Å²) in [6.07, 6.45) is 0.990. The van der Waals surface area contributed by atoms with E-state index in [1.807, 2.05) is 11.3 Å². The Kier molecular flexibility index (Phi) is 6.67. The number of nitrogens with zero attached hydrogens (tertiary/aromatic N) is 2. The number of benzene rings is 8. The van der Waals surface area contributed by atoms with Gasteiger partial charge in [-0.3, -0.25) is 4.40 Å². The Morgan fingerprint density at radius 3 is 1.79 bits per heavy atom. The lowest BCUT2D eigenvalue weighted by Crippen LogP contribution is -2.58. The number of imidazole rings is 1. The third-order valence-corrected chi connectivity index (χ3v) is 13.7. The second-order valence-corrected chi connectivity index (χ2v) is 17.3. The first-order valence-corrected chi connectivity index (χ1v) is 20.5. The van der Waals surface area contributed by atoms with Gasteiger partial charge in [-0.2, -0.15) is 0 Å². The van der Waals surface area contributed by atoms with Crippen molar-refractivity contribution in [2.24, 2.45) is 0 Å². The third kappa shape index (κ3) is 4.66. The van der Waals surface area contributed by atoms with Crippen molar-refractivity contribution in [3.63, 3.8) is 0 Å². The molecule has 0 amide bonds. The second kappa shape index (κ2) is 11.6. The zero-order valence-corrected chi connectivity index (χ0v) is 32.7. The number of thiophene rings is 1. The highest BCUT2D eigenvalue weighted by Crippen LogP contribution is 2.42. The van der Waals surface area contributed by atoms with Crippen molar-refractivity contribution in [2.45, 2.75) is 34.1 Å². The summed E-state index contributed by atoms with van der Waals surface area (Å²) in [5.74, 6) is 0. The molecule has 0 bridgehead atoms. The van der Waals surface area contributed by atoms with E-state index in [-0.39, 0.29) is 6.71 Å². The summed E-state index contributed by atoms with van der Waals surface area (Å²) in [4.78, 5) is 5.47. The molecule has 0 saturated heterocycles. The number of fused-ring (bicyclic) bond motifs is 12. The molecule has 0 fully saturated rings. The molecule has 0 unspecified atom stereocenters. The van der Waals surface area contributed by atoms with Gasteiger partial charge >= 0.3 is 0 Å². The lowest BCUT2D eigenvalue weighted by Gasteiger charge is -2.31. The van der Waals surface area contributed by atoms with Crippen molar-refractivity contribution < 1.29 is 0 Å². The molecule has 12 rings (SSSR count). The Morgan fingerprint density at radius 2 is 1.14 bits per heavy atom. The van der Waals surface area contributed by atoms with Crippen LogP contribution in [0.4, 0.5) is 0 Å². The monoisotopic (exact) mass is 732 g/mol. The van der Waals surface area contributed by atoms with Gasteiger partial charge in [-0.05, 0) is 126 Å². The van der Waals surface area contributed by atoms with Crippen molar-refractivity contribution in [1.82, 2.24) is 9.38 Å². The number of aryl methyl sites for hydroxylation is 4. The Hall–Kier alpha value is -6.23. The Bertz CT molecular complexity index is 3420. The van der Waals surface area contributed by atoms with Crippen molar-refractivity contribution in [3.05, 3.63) is 173 Å². The summed E-state index contributed by atoms with van der Waals surface area (Å²) in [5, 5.41) is 10.0. The van der Waals surface area contributed by atoms with Crippen molar-refractivity contribution in [3.8, 4) is 11.3 Å². The van der Waals surface area contributed by atoms with Crippen LogP contribution in [0.3, 0.4) is 0 Å². The van der Waals surface area contributed by atoms with Crippen molar-refractivity contribution >= 4 is 104 Å². The molecule has 0 aliphatic carbocycles. The second-order valence-electron chi connectivity index (χ2n) is 16.3. The molecule has 0 radical (unpaired) electrons. The summed E-state index contributed by atoms with van der Waals surface area (Å²) in [6.45, 7) is 9.26. The van der Waals surface area contributed by atoms with Gasteiger partial charge in [0.2, 0.25) is 6.71 Å². The van der Waals surface area contributed by atoms with Crippen LogP contribution >= 0.6 is 11.3 Å². The summed E-state index contributed by atoms with van der Waals surface area (Å²) in [6, 6.07) is 52.9. The molecule has 56 heavy (non-hydrogen) atoms. The zero-order chi connectivity index (χ0) is 37.4. The fourth-order valence-corrected chi connectivity index (χ4v) is 11.4. The molecule has 8 aromatic carbocycles. The van der Waals surface area contributed by atoms with E-state index in [9.17, 15) is 0 Å². The van der Waals surface area contributed by atoms with Gasteiger partial charge in [0.05, 0.1) is 21.4 Å². The molecule has 4 heteroatoms. The summed E-state index contributed by atoms with van der Waals surface area (Å²) in [7, 11) is 0. The standard InChI is InChI=1S/C52H37BN2S/c1-29-17-31(3)49-40(19-29)23-41-20-30(2)18-32(4)50(41)53(49)42-15-13-33(14-16-42)46-28-44-43-24-36-11-7-8-12-37(36)27-48(43)56-51(44)52-54-45-25-38-21-34-9-5-6-10-35(34)22-39(38)26-47(45)55(46)52/h5-22,24-28H,23H2,1-4H3. The third-order valence-electron chi connectivity index (χ3n) is 12.5. The fourth-order valence-electron chi connectivity index (χ4n) is 10.2. The largest absolute Gasteiger partial charge is 0.291 e. The first kappa shape index (κ1) is 32.1.